The topological polar surface area (TPSA) is 119 Å². The number of ether oxygens (including phenoxy) is 1. The van der Waals surface area contributed by atoms with Gasteiger partial charge in [-0.05, 0) is 58.2 Å². The number of hydrogen-bond acceptors (Lipinski definition) is 7. The number of piperidine rings is 1. The van der Waals surface area contributed by atoms with Crippen LogP contribution in [0.3, 0.4) is 0 Å². The fraction of sp³-hybridized carbons (Fsp3) is 0.400. The van der Waals surface area contributed by atoms with E-state index in [2.05, 4.69) is 20.2 Å². The molecule has 11 heteroatoms. The van der Waals surface area contributed by atoms with Gasteiger partial charge in [0, 0.05) is 35.7 Å². The lowest BCUT2D eigenvalue weighted by molar-refractivity contribution is 0.0203. The number of aryl methyl sites for hydroxylation is 1. The van der Waals surface area contributed by atoms with Crippen molar-refractivity contribution in [2.45, 2.75) is 52.1 Å². The van der Waals surface area contributed by atoms with Crippen LogP contribution in [-0.2, 0) is 4.74 Å². The number of aromatic amines is 1. The number of carbonyl (C=O) groups is 1. The third kappa shape index (κ3) is 4.73. The Balaban J connectivity index is 1.42. The van der Waals surface area contributed by atoms with Crippen LogP contribution in [0, 0.1) is 6.92 Å². The molecule has 1 fully saturated rings. The second kappa shape index (κ2) is 9.09. The molecular weight excluding hydrogens is 484 g/mol. The zero-order valence-electron chi connectivity index (χ0n) is 20.5. The minimum Gasteiger partial charge on any atom is -0.444 e. The van der Waals surface area contributed by atoms with E-state index in [0.29, 0.717) is 53.9 Å². The molecule has 1 N–H and O–H groups in total. The number of fused-ring (bicyclic) bond motifs is 1. The molecule has 3 aromatic heterocycles. The Labute approximate surface area is 212 Å². The highest BCUT2D eigenvalue weighted by atomic mass is 35.5. The van der Waals surface area contributed by atoms with Gasteiger partial charge >= 0.3 is 6.09 Å². The number of aromatic nitrogens is 5. The standard InChI is InChI=1S/C25H27ClN6O4/c1-14-5-6-16(26)11-17(14)23-29-21(30-36-23)18-13-27-32-19(12-20(33)28-22(18)32)15-7-9-31(10-8-15)24(34)35-25(2,3)4/h5-6,11-13,15H,7-10H2,1-4H3,(H,28,33). The maximum Gasteiger partial charge on any atom is 0.410 e. The first-order chi connectivity index (χ1) is 17.1. The van der Waals surface area contributed by atoms with Gasteiger partial charge in [0.15, 0.2) is 0 Å². The number of amides is 1. The van der Waals surface area contributed by atoms with E-state index in [9.17, 15) is 9.59 Å². The van der Waals surface area contributed by atoms with E-state index >= 15 is 0 Å². The van der Waals surface area contributed by atoms with Crippen molar-refractivity contribution in [1.29, 1.82) is 0 Å². The number of hydrogen-bond donors (Lipinski definition) is 1. The number of halogens is 1. The molecule has 0 saturated carbocycles. The van der Waals surface area contributed by atoms with Crippen LogP contribution in [0.1, 0.15) is 50.8 Å². The quantitative estimate of drug-likeness (QED) is 0.419. The van der Waals surface area contributed by atoms with Crippen LogP contribution >= 0.6 is 11.6 Å². The molecule has 4 aromatic rings. The van der Waals surface area contributed by atoms with Crippen LogP contribution in [0.5, 0.6) is 0 Å². The third-order valence-corrected chi connectivity index (χ3v) is 6.43. The molecule has 0 aliphatic carbocycles. The summed E-state index contributed by atoms with van der Waals surface area (Å²) >= 11 is 6.14. The predicted molar refractivity (Wildman–Crippen MR) is 134 cm³/mol. The molecule has 36 heavy (non-hydrogen) atoms. The molecule has 10 nitrogen and oxygen atoms in total. The molecule has 5 rings (SSSR count). The molecule has 0 radical (unpaired) electrons. The molecular formula is C25H27ClN6O4. The number of H-pyrrole nitrogens is 1. The first kappa shape index (κ1) is 24.1. The summed E-state index contributed by atoms with van der Waals surface area (Å²) in [4.78, 5) is 34.1. The Morgan fingerprint density at radius 2 is 1.94 bits per heavy atom. The highest BCUT2D eigenvalue weighted by molar-refractivity contribution is 6.30. The van der Waals surface area contributed by atoms with Gasteiger partial charge in [-0.3, -0.25) is 4.79 Å². The highest BCUT2D eigenvalue weighted by Crippen LogP contribution is 2.31. The summed E-state index contributed by atoms with van der Waals surface area (Å²) in [5.41, 5.74) is 2.71. The van der Waals surface area contributed by atoms with Crippen molar-refractivity contribution < 1.29 is 14.1 Å². The first-order valence-corrected chi connectivity index (χ1v) is 12.2. The summed E-state index contributed by atoms with van der Waals surface area (Å²) in [6.45, 7) is 8.56. The van der Waals surface area contributed by atoms with Crippen LogP contribution in [0.15, 0.2) is 39.8 Å². The maximum absolute atomic E-state index is 12.6. The third-order valence-electron chi connectivity index (χ3n) is 6.20. The maximum atomic E-state index is 12.6. The molecule has 1 saturated heterocycles. The van der Waals surface area contributed by atoms with Crippen molar-refractivity contribution in [2.24, 2.45) is 0 Å². The molecule has 1 aromatic carbocycles. The van der Waals surface area contributed by atoms with E-state index in [4.69, 9.17) is 20.9 Å². The van der Waals surface area contributed by atoms with Crippen molar-refractivity contribution in [2.75, 3.05) is 13.1 Å². The Morgan fingerprint density at radius 1 is 1.19 bits per heavy atom. The van der Waals surface area contributed by atoms with Crippen LogP contribution in [0.4, 0.5) is 4.79 Å². The lowest BCUT2D eigenvalue weighted by Gasteiger charge is -2.33. The minimum atomic E-state index is -0.543. The summed E-state index contributed by atoms with van der Waals surface area (Å²) in [6, 6.07) is 7.02. The van der Waals surface area contributed by atoms with Crippen LogP contribution in [0.2, 0.25) is 5.02 Å². The van der Waals surface area contributed by atoms with Gasteiger partial charge in [-0.1, -0.05) is 22.8 Å². The highest BCUT2D eigenvalue weighted by Gasteiger charge is 2.29. The minimum absolute atomic E-state index is 0.0520. The molecule has 1 aliphatic heterocycles. The smallest absolute Gasteiger partial charge is 0.410 e. The lowest BCUT2D eigenvalue weighted by Crippen LogP contribution is -2.41. The Bertz CT molecular complexity index is 1490. The summed E-state index contributed by atoms with van der Waals surface area (Å²) in [7, 11) is 0. The van der Waals surface area contributed by atoms with Gasteiger partial charge in [0.25, 0.3) is 11.4 Å². The summed E-state index contributed by atoms with van der Waals surface area (Å²) in [5, 5.41) is 9.22. The Kier molecular flexibility index (Phi) is 6.07. The normalized spacial score (nSPS) is 15.0. The Morgan fingerprint density at radius 3 is 2.67 bits per heavy atom. The number of benzene rings is 1. The summed E-state index contributed by atoms with van der Waals surface area (Å²) < 4.78 is 12.7. The molecule has 188 valence electrons. The van der Waals surface area contributed by atoms with Crippen molar-refractivity contribution in [1.82, 2.24) is 29.6 Å². The number of likely N-dealkylation sites (tertiary alicyclic amines) is 1. The zero-order valence-corrected chi connectivity index (χ0v) is 21.3. The van der Waals surface area contributed by atoms with E-state index in [1.54, 1.807) is 33.8 Å². The Hall–Kier alpha value is -3.66. The molecule has 0 unspecified atom stereocenters. The van der Waals surface area contributed by atoms with E-state index in [0.717, 1.165) is 16.8 Å². The van der Waals surface area contributed by atoms with Crippen molar-refractivity contribution in [3.63, 3.8) is 0 Å². The van der Waals surface area contributed by atoms with Crippen LogP contribution < -0.4 is 5.56 Å². The van der Waals surface area contributed by atoms with Crippen molar-refractivity contribution in [3.05, 3.63) is 57.1 Å². The van der Waals surface area contributed by atoms with Gasteiger partial charge in [-0.25, -0.2) is 9.31 Å². The molecule has 0 spiro atoms. The zero-order chi connectivity index (χ0) is 25.6. The van der Waals surface area contributed by atoms with Gasteiger partial charge in [0.2, 0.25) is 5.82 Å². The fourth-order valence-electron chi connectivity index (χ4n) is 4.42. The van der Waals surface area contributed by atoms with Crippen LogP contribution in [0.25, 0.3) is 28.5 Å². The average molecular weight is 511 g/mol. The van der Waals surface area contributed by atoms with Gasteiger partial charge in [-0.2, -0.15) is 10.1 Å². The van der Waals surface area contributed by atoms with E-state index < -0.39 is 5.60 Å². The van der Waals surface area contributed by atoms with E-state index in [-0.39, 0.29) is 17.6 Å². The number of nitrogens with one attached hydrogen (secondary N) is 1. The van der Waals surface area contributed by atoms with Gasteiger partial charge in [0.1, 0.15) is 11.2 Å². The SMILES string of the molecule is Cc1ccc(Cl)cc1-c1nc(-c2cnn3c(C4CCN(C(=O)OC(C)(C)C)CC4)cc(=O)[nH]c23)no1. The van der Waals surface area contributed by atoms with E-state index in [1.165, 1.54) is 0 Å². The first-order valence-electron chi connectivity index (χ1n) is 11.8. The average Bonchev–Trinajstić information content (AvgIpc) is 3.46. The largest absolute Gasteiger partial charge is 0.444 e. The van der Waals surface area contributed by atoms with Crippen molar-refractivity contribution in [3.8, 4) is 22.8 Å². The predicted octanol–water partition coefficient (Wildman–Crippen LogP) is 4.82. The van der Waals surface area contributed by atoms with Crippen molar-refractivity contribution >= 4 is 23.3 Å². The lowest BCUT2D eigenvalue weighted by atomic mass is 9.93. The summed E-state index contributed by atoms with van der Waals surface area (Å²) in [5.74, 6) is 0.695. The molecule has 0 bridgehead atoms. The fourth-order valence-corrected chi connectivity index (χ4v) is 4.59. The number of nitrogens with zero attached hydrogens (tertiary/aromatic N) is 5. The monoisotopic (exact) mass is 510 g/mol. The van der Waals surface area contributed by atoms with E-state index in [1.807, 2.05) is 33.8 Å². The number of rotatable bonds is 3. The molecule has 4 heterocycles. The van der Waals surface area contributed by atoms with Crippen LogP contribution in [-0.4, -0.2) is 54.4 Å². The molecule has 0 atom stereocenters. The molecule has 1 aliphatic rings. The number of carbonyl (C=O) groups excluding carboxylic acids is 1. The van der Waals surface area contributed by atoms with Gasteiger partial charge in [0.05, 0.1) is 17.5 Å². The summed E-state index contributed by atoms with van der Waals surface area (Å²) in [6.07, 6.45) is 2.67. The van der Waals surface area contributed by atoms with Gasteiger partial charge in [-0.15, -0.1) is 0 Å². The van der Waals surface area contributed by atoms with Gasteiger partial charge < -0.3 is 19.1 Å². The molecule has 1 amide bonds. The second-order valence-corrected chi connectivity index (χ2v) is 10.4. The second-order valence-electron chi connectivity index (χ2n) is 10.0.